The van der Waals surface area contributed by atoms with Gasteiger partial charge >= 0.3 is 6.16 Å². The van der Waals surface area contributed by atoms with Crippen LogP contribution in [0.3, 0.4) is 0 Å². The Morgan fingerprint density at radius 3 is 2.49 bits per heavy atom. The highest BCUT2D eigenvalue weighted by Crippen LogP contribution is 2.67. The van der Waals surface area contributed by atoms with Crippen molar-refractivity contribution in [3.63, 3.8) is 0 Å². The maximum absolute atomic E-state index is 12.6. The molecule has 0 aromatic rings. The van der Waals surface area contributed by atoms with Crippen molar-refractivity contribution in [1.29, 1.82) is 0 Å². The number of rotatable bonds is 12. The highest BCUT2D eigenvalue weighted by molar-refractivity contribution is 5.60. The van der Waals surface area contributed by atoms with Crippen LogP contribution in [0.5, 0.6) is 0 Å². The number of allylic oxidation sites excluding steroid dienone is 1. The average molecular weight is 543 g/mol. The van der Waals surface area contributed by atoms with E-state index in [0.29, 0.717) is 23.4 Å². The number of carbonyl (C=O) groups is 1. The Bertz CT molecular complexity index is 831. The molecule has 0 saturated heterocycles. The van der Waals surface area contributed by atoms with Crippen LogP contribution in [0.15, 0.2) is 11.6 Å². The van der Waals surface area contributed by atoms with E-state index in [2.05, 4.69) is 54.5 Å². The fraction of sp³-hybridized carbons (Fsp3) is 0.917. The molecule has 0 amide bonds. The molecule has 0 spiro atoms. The number of hydrogen-bond donors (Lipinski definition) is 0. The zero-order valence-corrected chi connectivity index (χ0v) is 26.7. The normalized spacial score (nSPS) is 37.3. The van der Waals surface area contributed by atoms with Gasteiger partial charge in [-0.05, 0) is 104 Å². The Morgan fingerprint density at radius 1 is 0.974 bits per heavy atom. The molecule has 3 fully saturated rings. The Balaban J connectivity index is 1.34. The van der Waals surface area contributed by atoms with Crippen LogP contribution >= 0.6 is 0 Å². The summed E-state index contributed by atoms with van der Waals surface area (Å²) in [6.07, 6.45) is 21.0. The van der Waals surface area contributed by atoms with Gasteiger partial charge in [0.1, 0.15) is 6.10 Å². The molecule has 0 N–H and O–H groups in total. The van der Waals surface area contributed by atoms with Gasteiger partial charge in [-0.2, -0.15) is 0 Å². The van der Waals surface area contributed by atoms with Crippen LogP contribution < -0.4 is 0 Å². The molecule has 4 rings (SSSR count). The van der Waals surface area contributed by atoms with E-state index >= 15 is 0 Å². The number of hydrogen-bond acceptors (Lipinski definition) is 3. The van der Waals surface area contributed by atoms with E-state index in [1.165, 1.54) is 64.2 Å². The van der Waals surface area contributed by atoms with Crippen molar-refractivity contribution >= 4 is 6.16 Å². The van der Waals surface area contributed by atoms with E-state index in [0.717, 1.165) is 67.6 Å². The minimum absolute atomic E-state index is 0.0134. The first-order valence-electron chi connectivity index (χ1n) is 17.1. The smallest absolute Gasteiger partial charge is 0.434 e. The van der Waals surface area contributed by atoms with Crippen LogP contribution in [-0.2, 0) is 9.47 Å². The third-order valence-corrected chi connectivity index (χ3v) is 12.5. The number of fused-ring (bicyclic) bond motifs is 5. The van der Waals surface area contributed by atoms with Gasteiger partial charge in [-0.1, -0.05) is 98.6 Å². The third-order valence-electron chi connectivity index (χ3n) is 12.5. The second-order valence-electron chi connectivity index (χ2n) is 15.2. The Morgan fingerprint density at radius 2 is 1.77 bits per heavy atom. The first-order chi connectivity index (χ1) is 18.6. The quantitative estimate of drug-likeness (QED) is 0.182. The predicted octanol–water partition coefficient (Wildman–Crippen LogP) is 10.8. The van der Waals surface area contributed by atoms with Crippen LogP contribution in [0, 0.1) is 52.3 Å². The lowest BCUT2D eigenvalue weighted by Crippen LogP contribution is -2.51. The van der Waals surface area contributed by atoms with Crippen molar-refractivity contribution in [1.82, 2.24) is 0 Å². The van der Waals surface area contributed by atoms with Crippen molar-refractivity contribution in [3.05, 3.63) is 11.6 Å². The molecule has 3 nitrogen and oxygen atoms in total. The minimum Gasteiger partial charge on any atom is -0.434 e. The minimum atomic E-state index is -0.444. The van der Waals surface area contributed by atoms with Crippen LogP contribution in [0.4, 0.5) is 4.79 Å². The fourth-order valence-electron chi connectivity index (χ4n) is 10.0. The van der Waals surface area contributed by atoms with Crippen LogP contribution in [0.1, 0.15) is 145 Å². The van der Waals surface area contributed by atoms with Gasteiger partial charge in [0.15, 0.2) is 0 Å². The van der Waals surface area contributed by atoms with Crippen molar-refractivity contribution in [2.45, 2.75) is 151 Å². The highest BCUT2D eigenvalue weighted by Gasteiger charge is 2.59. The Hall–Kier alpha value is -0.990. The highest BCUT2D eigenvalue weighted by atomic mass is 16.7. The zero-order chi connectivity index (χ0) is 28.2. The molecule has 224 valence electrons. The van der Waals surface area contributed by atoms with Gasteiger partial charge in [0.2, 0.25) is 0 Å². The molecule has 9 atom stereocenters. The fourth-order valence-corrected chi connectivity index (χ4v) is 10.0. The summed E-state index contributed by atoms with van der Waals surface area (Å²) in [5.41, 5.74) is 2.42. The van der Waals surface area contributed by atoms with E-state index in [4.69, 9.17) is 9.47 Å². The predicted molar refractivity (Wildman–Crippen MR) is 163 cm³/mol. The average Bonchev–Trinajstić information content (AvgIpc) is 3.26. The molecule has 0 aromatic heterocycles. The molecular formula is C36H62O3. The van der Waals surface area contributed by atoms with Gasteiger partial charge in [0, 0.05) is 6.42 Å². The molecule has 0 aromatic carbocycles. The van der Waals surface area contributed by atoms with Gasteiger partial charge in [-0.15, -0.1) is 0 Å². The summed E-state index contributed by atoms with van der Waals surface area (Å²) < 4.78 is 11.5. The maximum Gasteiger partial charge on any atom is 0.508 e. The van der Waals surface area contributed by atoms with Gasteiger partial charge in [0.05, 0.1) is 6.61 Å². The molecular weight excluding hydrogens is 480 g/mol. The molecule has 5 unspecified atom stereocenters. The lowest BCUT2D eigenvalue weighted by Gasteiger charge is -2.58. The van der Waals surface area contributed by atoms with E-state index in [9.17, 15) is 4.79 Å². The molecule has 3 saturated carbocycles. The number of ether oxygens (including phenoxy) is 2. The largest absolute Gasteiger partial charge is 0.508 e. The van der Waals surface area contributed by atoms with E-state index in [1.807, 2.05) is 0 Å². The maximum atomic E-state index is 12.6. The monoisotopic (exact) mass is 542 g/mol. The molecule has 0 bridgehead atoms. The zero-order valence-electron chi connectivity index (χ0n) is 26.7. The van der Waals surface area contributed by atoms with Crippen molar-refractivity contribution < 1.29 is 14.3 Å². The first kappa shape index (κ1) is 31.0. The molecule has 0 heterocycles. The van der Waals surface area contributed by atoms with Crippen LogP contribution in [0.25, 0.3) is 0 Å². The second kappa shape index (κ2) is 13.3. The lowest BCUT2D eigenvalue weighted by atomic mass is 9.47. The van der Waals surface area contributed by atoms with Crippen molar-refractivity contribution in [2.24, 2.45) is 52.3 Å². The Kier molecular flexibility index (Phi) is 10.6. The van der Waals surface area contributed by atoms with Crippen molar-refractivity contribution in [2.75, 3.05) is 6.61 Å². The van der Waals surface area contributed by atoms with E-state index < -0.39 is 6.16 Å². The number of unbranched alkanes of at least 4 members (excludes halogenated alkanes) is 1. The van der Waals surface area contributed by atoms with E-state index in [-0.39, 0.29) is 6.10 Å². The standard InChI is InChI=1S/C36H62O3/c1-8-10-14-27(9-2)24-38-34(37)39-29-19-21-35(6)28(23-29)15-16-30-32-18-17-31(26(5)13-11-12-25(3)4)36(32,7)22-20-33(30)35/h15,25-27,29-33H,8-14,16-24H2,1-7H3/t26-,27?,29?,30?,31-,32?,33?,35+,36-/m1/s1. The SMILES string of the molecule is CCCCC(CC)COC(=O)OC1CC[C@@]2(C)C(=CCC3C2CC[C@@]2(C)C3CC[C@@H]2[C@H](C)CCCC(C)C)C1. The second-order valence-corrected chi connectivity index (χ2v) is 15.2. The van der Waals surface area contributed by atoms with Gasteiger partial charge in [0.25, 0.3) is 0 Å². The summed E-state index contributed by atoms with van der Waals surface area (Å²) in [4.78, 5) is 12.6. The number of carbonyl (C=O) groups excluding carboxylic acids is 1. The summed E-state index contributed by atoms with van der Waals surface area (Å²) in [5.74, 6) is 5.63. The summed E-state index contributed by atoms with van der Waals surface area (Å²) in [7, 11) is 0. The molecule has 0 aliphatic heterocycles. The first-order valence-corrected chi connectivity index (χ1v) is 17.1. The summed E-state index contributed by atoms with van der Waals surface area (Å²) >= 11 is 0. The van der Waals surface area contributed by atoms with Crippen molar-refractivity contribution in [3.8, 4) is 0 Å². The Labute approximate surface area is 241 Å². The topological polar surface area (TPSA) is 35.5 Å². The molecule has 4 aliphatic rings. The lowest BCUT2D eigenvalue weighted by molar-refractivity contribution is -0.0622. The van der Waals surface area contributed by atoms with Gasteiger partial charge in [-0.25, -0.2) is 4.79 Å². The van der Waals surface area contributed by atoms with Gasteiger partial charge < -0.3 is 9.47 Å². The molecule has 4 aliphatic carbocycles. The van der Waals surface area contributed by atoms with Crippen LogP contribution in [-0.4, -0.2) is 18.9 Å². The molecule has 0 radical (unpaired) electrons. The summed E-state index contributed by atoms with van der Waals surface area (Å²) in [5, 5.41) is 0. The summed E-state index contributed by atoms with van der Waals surface area (Å²) in [6.45, 7) is 17.5. The van der Waals surface area contributed by atoms with E-state index in [1.54, 1.807) is 5.57 Å². The van der Waals surface area contributed by atoms with Crippen LogP contribution in [0.2, 0.25) is 0 Å². The molecule has 39 heavy (non-hydrogen) atoms. The summed E-state index contributed by atoms with van der Waals surface area (Å²) in [6, 6.07) is 0. The molecule has 3 heteroatoms. The third kappa shape index (κ3) is 6.74. The van der Waals surface area contributed by atoms with Gasteiger partial charge in [-0.3, -0.25) is 0 Å².